The van der Waals surface area contributed by atoms with Gasteiger partial charge in [0.1, 0.15) is 12.7 Å². The molecule has 0 amide bonds. The predicted octanol–water partition coefficient (Wildman–Crippen LogP) is 1.44. The van der Waals surface area contributed by atoms with Gasteiger partial charge in [-0.3, -0.25) is 0 Å². The summed E-state index contributed by atoms with van der Waals surface area (Å²) in [5.74, 6) is 0.827. The monoisotopic (exact) mass is 208 g/mol. The molecule has 1 saturated carbocycles. The molecule has 1 fully saturated rings. The molecule has 1 aliphatic carbocycles. The van der Waals surface area contributed by atoms with E-state index in [0.29, 0.717) is 12.1 Å². The standard InChI is InChI=1S/C11H20N4/c1-9-4-3-5-11(9)14-10(2)6-15-7-12-13-8-15/h7-11,14H,3-6H2,1-2H3. The Kier molecular flexibility index (Phi) is 3.36. The molecule has 3 atom stereocenters. The highest BCUT2D eigenvalue weighted by atomic mass is 15.2. The van der Waals surface area contributed by atoms with E-state index < -0.39 is 0 Å². The summed E-state index contributed by atoms with van der Waals surface area (Å²) in [5.41, 5.74) is 0. The highest BCUT2D eigenvalue weighted by Gasteiger charge is 2.24. The minimum atomic E-state index is 0.492. The molecule has 1 heterocycles. The van der Waals surface area contributed by atoms with Crippen LogP contribution in [0.4, 0.5) is 0 Å². The van der Waals surface area contributed by atoms with Gasteiger partial charge in [-0.2, -0.15) is 0 Å². The van der Waals surface area contributed by atoms with Crippen LogP contribution in [0, 0.1) is 5.92 Å². The fourth-order valence-corrected chi connectivity index (χ4v) is 2.44. The van der Waals surface area contributed by atoms with E-state index in [1.807, 2.05) is 4.57 Å². The highest BCUT2D eigenvalue weighted by Crippen LogP contribution is 2.25. The lowest BCUT2D eigenvalue weighted by Crippen LogP contribution is -2.40. The molecule has 1 N–H and O–H groups in total. The summed E-state index contributed by atoms with van der Waals surface area (Å²) in [4.78, 5) is 0. The molecule has 0 spiro atoms. The topological polar surface area (TPSA) is 42.7 Å². The first-order valence-electron chi connectivity index (χ1n) is 5.84. The van der Waals surface area contributed by atoms with Crippen molar-refractivity contribution in [2.75, 3.05) is 0 Å². The molecule has 1 aliphatic rings. The molecule has 4 heteroatoms. The van der Waals surface area contributed by atoms with E-state index in [9.17, 15) is 0 Å². The second-order valence-electron chi connectivity index (χ2n) is 4.74. The lowest BCUT2D eigenvalue weighted by Gasteiger charge is -2.22. The van der Waals surface area contributed by atoms with E-state index in [-0.39, 0.29) is 0 Å². The molecule has 0 aromatic carbocycles. The number of hydrogen-bond donors (Lipinski definition) is 1. The van der Waals surface area contributed by atoms with Crippen LogP contribution < -0.4 is 5.32 Å². The van der Waals surface area contributed by atoms with Crippen molar-refractivity contribution in [3.8, 4) is 0 Å². The summed E-state index contributed by atoms with van der Waals surface area (Å²) in [7, 11) is 0. The third-order valence-electron chi connectivity index (χ3n) is 3.31. The zero-order valence-electron chi connectivity index (χ0n) is 9.56. The Morgan fingerprint density at radius 3 is 2.73 bits per heavy atom. The average molecular weight is 208 g/mol. The van der Waals surface area contributed by atoms with E-state index in [1.165, 1.54) is 19.3 Å². The van der Waals surface area contributed by atoms with Crippen molar-refractivity contribution in [3.05, 3.63) is 12.7 Å². The van der Waals surface area contributed by atoms with Gasteiger partial charge >= 0.3 is 0 Å². The normalized spacial score (nSPS) is 28.1. The van der Waals surface area contributed by atoms with Gasteiger partial charge in [0, 0.05) is 18.6 Å². The Bertz CT molecular complexity index is 283. The maximum atomic E-state index is 3.81. The van der Waals surface area contributed by atoms with E-state index in [1.54, 1.807) is 12.7 Å². The molecular weight excluding hydrogens is 188 g/mol. The third-order valence-corrected chi connectivity index (χ3v) is 3.31. The Balaban J connectivity index is 1.79. The summed E-state index contributed by atoms with van der Waals surface area (Å²) in [5, 5.41) is 11.3. The highest BCUT2D eigenvalue weighted by molar-refractivity contribution is 4.82. The predicted molar refractivity (Wildman–Crippen MR) is 59.4 cm³/mol. The molecular formula is C11H20N4. The quantitative estimate of drug-likeness (QED) is 0.814. The Morgan fingerprint density at radius 1 is 1.40 bits per heavy atom. The minimum absolute atomic E-state index is 0.492. The Hall–Kier alpha value is -0.900. The van der Waals surface area contributed by atoms with Crippen LogP contribution >= 0.6 is 0 Å². The fourth-order valence-electron chi connectivity index (χ4n) is 2.44. The van der Waals surface area contributed by atoms with E-state index in [0.717, 1.165) is 12.5 Å². The molecule has 2 rings (SSSR count). The third kappa shape index (κ3) is 2.78. The molecule has 1 aromatic heterocycles. The summed E-state index contributed by atoms with van der Waals surface area (Å²) >= 11 is 0. The van der Waals surface area contributed by atoms with Crippen molar-refractivity contribution in [1.82, 2.24) is 20.1 Å². The lowest BCUT2D eigenvalue weighted by molar-refractivity contribution is 0.360. The van der Waals surface area contributed by atoms with Crippen LogP contribution in [0.15, 0.2) is 12.7 Å². The van der Waals surface area contributed by atoms with Crippen molar-refractivity contribution in [2.45, 2.75) is 51.7 Å². The van der Waals surface area contributed by atoms with Gasteiger partial charge in [0.25, 0.3) is 0 Å². The van der Waals surface area contributed by atoms with E-state index in [4.69, 9.17) is 0 Å². The fraction of sp³-hybridized carbons (Fsp3) is 0.818. The average Bonchev–Trinajstić information content (AvgIpc) is 2.79. The first-order chi connectivity index (χ1) is 7.25. The molecule has 4 nitrogen and oxygen atoms in total. The first-order valence-corrected chi connectivity index (χ1v) is 5.84. The number of aromatic nitrogens is 3. The van der Waals surface area contributed by atoms with Crippen LogP contribution in [-0.2, 0) is 6.54 Å². The van der Waals surface area contributed by atoms with Crippen LogP contribution in [0.25, 0.3) is 0 Å². The van der Waals surface area contributed by atoms with Gasteiger partial charge in [0.05, 0.1) is 0 Å². The molecule has 84 valence electrons. The van der Waals surface area contributed by atoms with Gasteiger partial charge < -0.3 is 9.88 Å². The molecule has 3 unspecified atom stereocenters. The van der Waals surface area contributed by atoms with Crippen LogP contribution in [0.2, 0.25) is 0 Å². The lowest BCUT2D eigenvalue weighted by atomic mass is 10.1. The van der Waals surface area contributed by atoms with Crippen molar-refractivity contribution >= 4 is 0 Å². The summed E-state index contributed by atoms with van der Waals surface area (Å²) < 4.78 is 2.03. The van der Waals surface area contributed by atoms with Crippen LogP contribution in [0.1, 0.15) is 33.1 Å². The molecule has 0 bridgehead atoms. The van der Waals surface area contributed by atoms with Gasteiger partial charge in [-0.15, -0.1) is 10.2 Å². The van der Waals surface area contributed by atoms with Crippen molar-refractivity contribution in [3.63, 3.8) is 0 Å². The second kappa shape index (κ2) is 4.75. The largest absolute Gasteiger partial charge is 0.319 e. The summed E-state index contributed by atoms with van der Waals surface area (Å²) in [6.07, 6.45) is 7.62. The molecule has 0 radical (unpaired) electrons. The van der Waals surface area contributed by atoms with Gasteiger partial charge in [-0.1, -0.05) is 13.3 Å². The van der Waals surface area contributed by atoms with Crippen molar-refractivity contribution in [1.29, 1.82) is 0 Å². The minimum Gasteiger partial charge on any atom is -0.319 e. The maximum absolute atomic E-state index is 3.81. The van der Waals surface area contributed by atoms with Gasteiger partial charge in [-0.05, 0) is 25.7 Å². The van der Waals surface area contributed by atoms with Crippen LogP contribution in [0.3, 0.4) is 0 Å². The second-order valence-corrected chi connectivity index (χ2v) is 4.74. The summed E-state index contributed by atoms with van der Waals surface area (Å²) in [6, 6.07) is 1.20. The first kappa shape index (κ1) is 10.6. The smallest absolute Gasteiger partial charge is 0.119 e. The van der Waals surface area contributed by atoms with Crippen molar-refractivity contribution < 1.29 is 0 Å². The van der Waals surface area contributed by atoms with E-state index in [2.05, 4.69) is 29.4 Å². The molecule has 1 aromatic rings. The number of rotatable bonds is 4. The van der Waals surface area contributed by atoms with E-state index >= 15 is 0 Å². The SMILES string of the molecule is CC(Cn1cnnc1)NC1CCCC1C. The zero-order valence-corrected chi connectivity index (χ0v) is 9.56. The number of hydrogen-bond acceptors (Lipinski definition) is 3. The number of nitrogens with one attached hydrogen (secondary N) is 1. The Labute approximate surface area is 91.1 Å². The van der Waals surface area contributed by atoms with Gasteiger partial charge in [-0.25, -0.2) is 0 Å². The molecule has 15 heavy (non-hydrogen) atoms. The Morgan fingerprint density at radius 2 is 2.13 bits per heavy atom. The van der Waals surface area contributed by atoms with Gasteiger partial charge in [0.2, 0.25) is 0 Å². The van der Waals surface area contributed by atoms with Crippen LogP contribution in [-0.4, -0.2) is 26.8 Å². The summed E-state index contributed by atoms with van der Waals surface area (Å²) in [6.45, 7) is 5.53. The molecule has 0 saturated heterocycles. The maximum Gasteiger partial charge on any atom is 0.119 e. The van der Waals surface area contributed by atoms with Gasteiger partial charge in [0.15, 0.2) is 0 Å². The number of nitrogens with zero attached hydrogens (tertiary/aromatic N) is 3. The van der Waals surface area contributed by atoms with Crippen LogP contribution in [0.5, 0.6) is 0 Å². The van der Waals surface area contributed by atoms with Crippen molar-refractivity contribution in [2.24, 2.45) is 5.92 Å². The molecule has 0 aliphatic heterocycles. The zero-order chi connectivity index (χ0) is 10.7.